The Balaban J connectivity index is 1.48. The molecule has 176 valence electrons. The molecule has 0 aliphatic carbocycles. The van der Waals surface area contributed by atoms with E-state index in [1.54, 1.807) is 37.7 Å². The Morgan fingerprint density at radius 1 is 0.970 bits per heavy atom. The van der Waals surface area contributed by atoms with Crippen LogP contribution in [0.15, 0.2) is 46.7 Å². The fraction of sp³-hybridized carbons (Fsp3) is 0.348. The molecule has 2 aromatic carbocycles. The van der Waals surface area contributed by atoms with Crippen LogP contribution < -0.4 is 19.1 Å². The van der Waals surface area contributed by atoms with Crippen LogP contribution in [0.3, 0.4) is 0 Å². The number of anilines is 1. The van der Waals surface area contributed by atoms with Crippen LogP contribution in [-0.4, -0.2) is 53.1 Å². The van der Waals surface area contributed by atoms with Crippen LogP contribution in [0.4, 0.5) is 5.13 Å². The average molecular weight is 509 g/mol. The average Bonchev–Trinajstić information content (AvgIpc) is 3.34. The number of rotatable bonds is 7. The lowest BCUT2D eigenvalue weighted by molar-refractivity contribution is 0.355. The van der Waals surface area contributed by atoms with Crippen molar-refractivity contribution in [2.45, 2.75) is 23.0 Å². The van der Waals surface area contributed by atoms with Crippen molar-refractivity contribution in [1.29, 1.82) is 0 Å². The molecule has 7 nitrogen and oxygen atoms in total. The predicted molar refractivity (Wildman–Crippen MR) is 131 cm³/mol. The predicted octanol–water partition coefficient (Wildman–Crippen LogP) is 4.93. The van der Waals surface area contributed by atoms with Gasteiger partial charge in [-0.3, -0.25) is 0 Å². The van der Waals surface area contributed by atoms with Crippen molar-refractivity contribution in [2.24, 2.45) is 0 Å². The summed E-state index contributed by atoms with van der Waals surface area (Å²) in [7, 11) is 1.10. The van der Waals surface area contributed by atoms with Gasteiger partial charge in [-0.2, -0.15) is 0 Å². The van der Waals surface area contributed by atoms with Crippen molar-refractivity contribution in [3.05, 3.63) is 46.8 Å². The van der Waals surface area contributed by atoms with E-state index in [-0.39, 0.29) is 4.90 Å². The lowest BCUT2D eigenvalue weighted by Gasteiger charge is -2.31. The Bertz CT molecular complexity index is 1240. The maximum absolute atomic E-state index is 13.3. The first-order valence-electron chi connectivity index (χ1n) is 10.4. The van der Waals surface area contributed by atoms with E-state index in [0.29, 0.717) is 48.2 Å². The minimum absolute atomic E-state index is 0.154. The number of hydrogen-bond donors (Lipinski definition) is 0. The van der Waals surface area contributed by atoms with Gasteiger partial charge in [0.25, 0.3) is 0 Å². The molecule has 2 heterocycles. The SMILES string of the molecule is COc1ccc(-c2csc(N3CCC(S(=O)(=O)c4cc(Cl)ccc4OC)CC3)n2)cc1OC. The van der Waals surface area contributed by atoms with Crippen molar-refractivity contribution in [2.75, 3.05) is 39.3 Å². The zero-order valence-electron chi connectivity index (χ0n) is 18.6. The van der Waals surface area contributed by atoms with Crippen molar-refractivity contribution in [1.82, 2.24) is 4.98 Å². The molecule has 0 amide bonds. The maximum Gasteiger partial charge on any atom is 0.185 e. The standard InChI is InChI=1S/C23H25ClN2O5S2/c1-29-19-6-4-15(12-21(19)31-3)18-14-32-23(25-18)26-10-8-17(9-11-26)33(27,28)22-13-16(24)5-7-20(22)30-2/h4-7,12-14,17H,8-11H2,1-3H3. The minimum atomic E-state index is -3.56. The highest BCUT2D eigenvalue weighted by Gasteiger charge is 2.34. The molecular formula is C23H25ClN2O5S2. The van der Waals surface area contributed by atoms with Gasteiger partial charge in [-0.05, 0) is 49.2 Å². The normalized spacial score (nSPS) is 14.8. The first-order chi connectivity index (χ1) is 15.9. The van der Waals surface area contributed by atoms with Gasteiger partial charge in [0.15, 0.2) is 26.5 Å². The van der Waals surface area contributed by atoms with Gasteiger partial charge in [0.1, 0.15) is 10.6 Å². The highest BCUT2D eigenvalue weighted by molar-refractivity contribution is 7.92. The first-order valence-corrected chi connectivity index (χ1v) is 13.2. The molecule has 4 rings (SSSR count). The van der Waals surface area contributed by atoms with Crippen LogP contribution in [-0.2, 0) is 9.84 Å². The summed E-state index contributed by atoms with van der Waals surface area (Å²) in [6.45, 7) is 1.21. The fourth-order valence-corrected chi connectivity index (χ4v) is 6.99. The van der Waals surface area contributed by atoms with E-state index in [0.717, 1.165) is 16.4 Å². The fourth-order valence-electron chi connectivity index (χ4n) is 3.95. The largest absolute Gasteiger partial charge is 0.495 e. The van der Waals surface area contributed by atoms with Crippen LogP contribution in [0.5, 0.6) is 17.2 Å². The zero-order chi connectivity index (χ0) is 23.6. The van der Waals surface area contributed by atoms with Gasteiger partial charge in [0.05, 0.1) is 32.3 Å². The summed E-state index contributed by atoms with van der Waals surface area (Å²) >= 11 is 7.60. The number of aromatic nitrogens is 1. The molecule has 0 radical (unpaired) electrons. The molecule has 1 fully saturated rings. The van der Waals surface area contributed by atoms with E-state index < -0.39 is 15.1 Å². The van der Waals surface area contributed by atoms with E-state index in [1.165, 1.54) is 13.2 Å². The minimum Gasteiger partial charge on any atom is -0.495 e. The summed E-state index contributed by atoms with van der Waals surface area (Å²) in [5.41, 5.74) is 1.77. The number of nitrogens with zero attached hydrogens (tertiary/aromatic N) is 2. The second-order valence-electron chi connectivity index (χ2n) is 7.61. The van der Waals surface area contributed by atoms with Crippen LogP contribution >= 0.6 is 22.9 Å². The highest BCUT2D eigenvalue weighted by Crippen LogP contribution is 2.37. The van der Waals surface area contributed by atoms with E-state index in [9.17, 15) is 8.42 Å². The van der Waals surface area contributed by atoms with Crippen molar-refractivity contribution in [3.8, 4) is 28.5 Å². The smallest absolute Gasteiger partial charge is 0.185 e. The number of benzene rings is 2. The summed E-state index contributed by atoms with van der Waals surface area (Å²) in [5, 5.41) is 2.75. The lowest BCUT2D eigenvalue weighted by atomic mass is 10.1. The van der Waals surface area contributed by atoms with Gasteiger partial charge in [-0.25, -0.2) is 13.4 Å². The molecule has 0 spiro atoms. The van der Waals surface area contributed by atoms with Crippen molar-refractivity contribution >= 4 is 37.9 Å². The molecule has 0 bridgehead atoms. The molecular weight excluding hydrogens is 484 g/mol. The Labute approximate surface area is 202 Å². The maximum atomic E-state index is 13.3. The number of thiazole rings is 1. The molecule has 0 atom stereocenters. The van der Waals surface area contributed by atoms with Gasteiger partial charge in [-0.1, -0.05) is 11.6 Å². The number of halogens is 1. The summed E-state index contributed by atoms with van der Waals surface area (Å²) in [6, 6.07) is 10.4. The van der Waals surface area contributed by atoms with Gasteiger partial charge in [0.2, 0.25) is 0 Å². The van der Waals surface area contributed by atoms with Gasteiger partial charge < -0.3 is 19.1 Å². The monoisotopic (exact) mass is 508 g/mol. The van der Waals surface area contributed by atoms with Crippen LogP contribution in [0, 0.1) is 0 Å². The number of methoxy groups -OCH3 is 3. The van der Waals surface area contributed by atoms with Gasteiger partial charge in [-0.15, -0.1) is 11.3 Å². The summed E-state index contributed by atoms with van der Waals surface area (Å²) in [6.07, 6.45) is 1.01. The van der Waals surface area contributed by atoms with E-state index >= 15 is 0 Å². The Kier molecular flexibility index (Phi) is 7.02. The Morgan fingerprint density at radius 3 is 2.30 bits per heavy atom. The molecule has 3 aromatic rings. The summed E-state index contributed by atoms with van der Waals surface area (Å²) in [4.78, 5) is 7.07. The third-order valence-corrected chi connectivity index (χ3v) is 9.17. The van der Waals surface area contributed by atoms with Crippen LogP contribution in [0.25, 0.3) is 11.3 Å². The first kappa shape index (κ1) is 23.7. The molecule has 1 saturated heterocycles. The molecule has 1 aliphatic rings. The quantitative estimate of drug-likeness (QED) is 0.447. The van der Waals surface area contributed by atoms with Gasteiger partial charge in [0, 0.05) is 29.1 Å². The topological polar surface area (TPSA) is 78.0 Å². The third-order valence-electron chi connectivity index (χ3n) is 5.75. The number of hydrogen-bond acceptors (Lipinski definition) is 8. The van der Waals surface area contributed by atoms with Crippen molar-refractivity contribution in [3.63, 3.8) is 0 Å². The van der Waals surface area contributed by atoms with Gasteiger partial charge >= 0.3 is 0 Å². The molecule has 1 aliphatic heterocycles. The van der Waals surface area contributed by atoms with E-state index in [4.69, 9.17) is 30.8 Å². The van der Waals surface area contributed by atoms with Crippen LogP contribution in [0.2, 0.25) is 5.02 Å². The summed E-state index contributed by atoms with van der Waals surface area (Å²) in [5.74, 6) is 1.63. The zero-order valence-corrected chi connectivity index (χ0v) is 21.0. The molecule has 10 heteroatoms. The van der Waals surface area contributed by atoms with E-state index in [1.807, 2.05) is 23.6 Å². The highest BCUT2D eigenvalue weighted by atomic mass is 35.5. The molecule has 0 unspecified atom stereocenters. The van der Waals surface area contributed by atoms with E-state index in [2.05, 4.69) is 4.90 Å². The number of piperidine rings is 1. The second kappa shape index (κ2) is 9.79. The summed E-state index contributed by atoms with van der Waals surface area (Å²) < 4.78 is 42.5. The second-order valence-corrected chi connectivity index (χ2v) is 11.1. The number of ether oxygens (including phenoxy) is 3. The lowest BCUT2D eigenvalue weighted by Crippen LogP contribution is -2.39. The molecule has 33 heavy (non-hydrogen) atoms. The molecule has 0 N–H and O–H groups in total. The van der Waals surface area contributed by atoms with Crippen molar-refractivity contribution < 1.29 is 22.6 Å². The third kappa shape index (κ3) is 4.76. The molecule has 0 saturated carbocycles. The Hall–Kier alpha value is -2.49. The number of sulfone groups is 1. The van der Waals surface area contributed by atoms with Crippen LogP contribution in [0.1, 0.15) is 12.8 Å². The molecule has 1 aromatic heterocycles. The Morgan fingerprint density at radius 2 is 1.64 bits per heavy atom.